The molecule has 1 atom stereocenters. The molecule has 4 aliphatic rings. The second-order valence-electron chi connectivity index (χ2n) is 10.6. The van der Waals surface area contributed by atoms with Crippen molar-refractivity contribution in [3.8, 4) is 5.75 Å². The number of fused-ring (bicyclic) bond motifs is 1. The molecular formula is C27H41N3O2. The zero-order valence-corrected chi connectivity index (χ0v) is 19.8. The fourth-order valence-corrected chi connectivity index (χ4v) is 6.39. The lowest BCUT2D eigenvalue weighted by Crippen LogP contribution is -2.53. The number of ether oxygens (including phenoxy) is 1. The number of likely N-dealkylation sites (tertiary alicyclic amines) is 1. The summed E-state index contributed by atoms with van der Waals surface area (Å²) in [7, 11) is 0. The van der Waals surface area contributed by atoms with Crippen molar-refractivity contribution in [1.29, 1.82) is 0 Å². The van der Waals surface area contributed by atoms with Crippen LogP contribution in [0, 0.1) is 5.92 Å². The molecule has 0 bridgehead atoms. The average molecular weight is 440 g/mol. The lowest BCUT2D eigenvalue weighted by Gasteiger charge is -2.37. The summed E-state index contributed by atoms with van der Waals surface area (Å²) in [6, 6.07) is 7.28. The minimum atomic E-state index is 0.335. The van der Waals surface area contributed by atoms with Crippen LogP contribution in [-0.2, 0) is 17.6 Å². The van der Waals surface area contributed by atoms with Crippen LogP contribution in [-0.4, -0.2) is 79.1 Å². The van der Waals surface area contributed by atoms with Crippen LogP contribution in [0.1, 0.15) is 62.5 Å². The molecule has 1 aromatic rings. The maximum Gasteiger partial charge on any atom is 0.237 e. The molecule has 0 N–H and O–H groups in total. The van der Waals surface area contributed by atoms with Gasteiger partial charge < -0.3 is 14.5 Å². The molecule has 5 rings (SSSR count). The summed E-state index contributed by atoms with van der Waals surface area (Å²) < 4.78 is 6.10. The predicted molar refractivity (Wildman–Crippen MR) is 128 cm³/mol. The Hall–Kier alpha value is -1.59. The Labute approximate surface area is 194 Å². The van der Waals surface area contributed by atoms with Gasteiger partial charge in [0.25, 0.3) is 0 Å². The summed E-state index contributed by atoms with van der Waals surface area (Å²) in [5.74, 6) is 2.18. The maximum atomic E-state index is 12.6. The SMILES string of the molecule is O=C1CN(CCCOc2ccc3c(c2)CCC(CN2CCCC2)C3)CCN1C1CCCC1. The van der Waals surface area contributed by atoms with Crippen LogP contribution in [0.15, 0.2) is 18.2 Å². The molecule has 1 amide bonds. The first-order valence-electron chi connectivity index (χ1n) is 13.2. The third-order valence-corrected chi connectivity index (χ3v) is 8.21. The van der Waals surface area contributed by atoms with Gasteiger partial charge in [0, 0.05) is 32.2 Å². The van der Waals surface area contributed by atoms with Crippen LogP contribution in [0.25, 0.3) is 0 Å². The first kappa shape index (κ1) is 22.2. The van der Waals surface area contributed by atoms with Gasteiger partial charge in [-0.25, -0.2) is 0 Å². The Bertz CT molecular complexity index is 770. The van der Waals surface area contributed by atoms with Gasteiger partial charge in [-0.2, -0.15) is 0 Å². The number of nitrogens with zero attached hydrogens (tertiary/aromatic N) is 3. The van der Waals surface area contributed by atoms with Gasteiger partial charge in [0.2, 0.25) is 5.91 Å². The van der Waals surface area contributed by atoms with E-state index in [0.29, 0.717) is 18.5 Å². The van der Waals surface area contributed by atoms with E-state index in [1.165, 1.54) is 88.5 Å². The first-order valence-corrected chi connectivity index (χ1v) is 13.2. The number of benzene rings is 1. The molecule has 3 fully saturated rings. The highest BCUT2D eigenvalue weighted by atomic mass is 16.5. The van der Waals surface area contributed by atoms with Gasteiger partial charge in [-0.3, -0.25) is 9.69 Å². The van der Waals surface area contributed by atoms with Gasteiger partial charge >= 0.3 is 0 Å². The van der Waals surface area contributed by atoms with Crippen molar-refractivity contribution in [3.05, 3.63) is 29.3 Å². The van der Waals surface area contributed by atoms with Gasteiger partial charge in [-0.15, -0.1) is 0 Å². The third-order valence-electron chi connectivity index (χ3n) is 8.21. The minimum Gasteiger partial charge on any atom is -0.494 e. The van der Waals surface area contributed by atoms with E-state index in [1.54, 1.807) is 0 Å². The van der Waals surface area contributed by atoms with Crippen LogP contribution in [0.2, 0.25) is 0 Å². The number of carbonyl (C=O) groups is 1. The minimum absolute atomic E-state index is 0.335. The topological polar surface area (TPSA) is 36.0 Å². The van der Waals surface area contributed by atoms with Crippen LogP contribution < -0.4 is 4.74 Å². The van der Waals surface area contributed by atoms with Crippen molar-refractivity contribution in [2.45, 2.75) is 70.3 Å². The van der Waals surface area contributed by atoms with Crippen molar-refractivity contribution >= 4 is 5.91 Å². The van der Waals surface area contributed by atoms with Crippen molar-refractivity contribution in [2.75, 3.05) is 52.4 Å². The zero-order valence-electron chi connectivity index (χ0n) is 19.8. The van der Waals surface area contributed by atoms with E-state index in [-0.39, 0.29) is 0 Å². The van der Waals surface area contributed by atoms with Gasteiger partial charge in [-0.05, 0) is 93.6 Å². The van der Waals surface area contributed by atoms with Crippen molar-refractivity contribution in [2.24, 2.45) is 5.92 Å². The molecule has 5 nitrogen and oxygen atoms in total. The molecule has 2 heterocycles. The molecule has 32 heavy (non-hydrogen) atoms. The standard InChI is InChI=1S/C27H41N3O2/c31-27-21-29(15-16-30(27)25-6-1-2-7-25)14-5-17-32-26-11-10-23-18-22(8-9-24(23)19-26)20-28-12-3-4-13-28/h10-11,19,22,25H,1-9,12-18,20-21H2. The number of hydrogen-bond acceptors (Lipinski definition) is 4. The third kappa shape index (κ3) is 5.48. The summed E-state index contributed by atoms with van der Waals surface area (Å²) in [6.45, 7) is 8.10. The number of carbonyl (C=O) groups excluding carboxylic acids is 1. The monoisotopic (exact) mass is 439 g/mol. The predicted octanol–water partition coefficient (Wildman–Crippen LogP) is 3.74. The molecule has 1 aromatic carbocycles. The second kappa shape index (κ2) is 10.6. The van der Waals surface area contributed by atoms with E-state index in [4.69, 9.17) is 4.74 Å². The van der Waals surface area contributed by atoms with Crippen LogP contribution in [0.4, 0.5) is 0 Å². The molecule has 0 radical (unpaired) electrons. The molecular weight excluding hydrogens is 398 g/mol. The molecule has 0 aromatic heterocycles. The van der Waals surface area contributed by atoms with Gasteiger partial charge in [0.05, 0.1) is 13.2 Å². The van der Waals surface area contributed by atoms with Crippen molar-refractivity contribution in [1.82, 2.24) is 14.7 Å². The highest BCUT2D eigenvalue weighted by Crippen LogP contribution is 2.30. The largest absolute Gasteiger partial charge is 0.494 e. The number of amides is 1. The normalized spacial score (nSPS) is 25.4. The van der Waals surface area contributed by atoms with E-state index < -0.39 is 0 Å². The molecule has 1 saturated carbocycles. The Kier molecular flexibility index (Phi) is 7.33. The molecule has 176 valence electrons. The highest BCUT2D eigenvalue weighted by molar-refractivity contribution is 5.79. The molecule has 2 aliphatic heterocycles. The van der Waals surface area contributed by atoms with Gasteiger partial charge in [0.15, 0.2) is 0 Å². The van der Waals surface area contributed by atoms with E-state index >= 15 is 0 Å². The lowest BCUT2D eigenvalue weighted by molar-refractivity contribution is -0.138. The molecule has 0 spiro atoms. The van der Waals surface area contributed by atoms with Crippen LogP contribution in [0.3, 0.4) is 0 Å². The summed E-state index contributed by atoms with van der Waals surface area (Å²) in [5.41, 5.74) is 3.03. The van der Waals surface area contributed by atoms with E-state index in [0.717, 1.165) is 44.3 Å². The van der Waals surface area contributed by atoms with E-state index in [9.17, 15) is 4.79 Å². The molecule has 5 heteroatoms. The molecule has 1 unspecified atom stereocenters. The summed E-state index contributed by atoms with van der Waals surface area (Å²) in [5, 5.41) is 0. The van der Waals surface area contributed by atoms with E-state index in [1.807, 2.05) is 0 Å². The van der Waals surface area contributed by atoms with Crippen molar-refractivity contribution < 1.29 is 9.53 Å². The van der Waals surface area contributed by atoms with Gasteiger partial charge in [-0.1, -0.05) is 18.9 Å². The second-order valence-corrected chi connectivity index (χ2v) is 10.6. The zero-order chi connectivity index (χ0) is 21.8. The number of rotatable bonds is 8. The fourth-order valence-electron chi connectivity index (χ4n) is 6.39. The Morgan fingerprint density at radius 2 is 1.75 bits per heavy atom. The van der Waals surface area contributed by atoms with Crippen molar-refractivity contribution in [3.63, 3.8) is 0 Å². The molecule has 2 aliphatic carbocycles. The summed E-state index contributed by atoms with van der Waals surface area (Å²) in [4.78, 5) is 19.7. The average Bonchev–Trinajstić information content (AvgIpc) is 3.51. The Morgan fingerprint density at radius 1 is 0.906 bits per heavy atom. The smallest absolute Gasteiger partial charge is 0.237 e. The van der Waals surface area contributed by atoms with Crippen LogP contribution >= 0.6 is 0 Å². The quantitative estimate of drug-likeness (QED) is 0.578. The Balaban J connectivity index is 1.02. The van der Waals surface area contributed by atoms with Gasteiger partial charge in [0.1, 0.15) is 5.75 Å². The van der Waals surface area contributed by atoms with E-state index in [2.05, 4.69) is 32.9 Å². The maximum absolute atomic E-state index is 12.6. The summed E-state index contributed by atoms with van der Waals surface area (Å²) in [6.07, 6.45) is 12.5. The number of piperazine rings is 1. The number of aryl methyl sites for hydroxylation is 1. The first-order chi connectivity index (χ1) is 15.7. The Morgan fingerprint density at radius 3 is 2.56 bits per heavy atom. The number of hydrogen-bond donors (Lipinski definition) is 0. The van der Waals surface area contributed by atoms with Crippen LogP contribution in [0.5, 0.6) is 5.75 Å². The highest BCUT2D eigenvalue weighted by Gasteiger charge is 2.31. The molecule has 2 saturated heterocycles. The fraction of sp³-hybridized carbons (Fsp3) is 0.741. The summed E-state index contributed by atoms with van der Waals surface area (Å²) >= 11 is 0. The lowest BCUT2D eigenvalue weighted by atomic mass is 9.83.